The van der Waals surface area contributed by atoms with Crippen molar-refractivity contribution < 1.29 is 9.21 Å². The molecule has 3 heterocycles. The van der Waals surface area contributed by atoms with Crippen LogP contribution in [0.5, 0.6) is 0 Å². The highest BCUT2D eigenvalue weighted by molar-refractivity contribution is 7.98. The summed E-state index contributed by atoms with van der Waals surface area (Å²) in [5.41, 5.74) is 1.54. The van der Waals surface area contributed by atoms with Crippen molar-refractivity contribution >= 4 is 28.6 Å². The quantitative estimate of drug-likeness (QED) is 0.856. The third kappa shape index (κ3) is 2.34. The average molecular weight is 302 g/mol. The van der Waals surface area contributed by atoms with Gasteiger partial charge in [0.05, 0.1) is 0 Å². The summed E-state index contributed by atoms with van der Waals surface area (Å²) in [7, 11) is 0. The highest BCUT2D eigenvalue weighted by Gasteiger charge is 2.39. The molecule has 0 unspecified atom stereocenters. The third-order valence-electron chi connectivity index (χ3n) is 4.57. The van der Waals surface area contributed by atoms with Gasteiger partial charge in [0.2, 0.25) is 0 Å². The summed E-state index contributed by atoms with van der Waals surface area (Å²) in [6, 6.07) is 8.94. The highest BCUT2D eigenvalue weighted by atomic mass is 32.2. The van der Waals surface area contributed by atoms with Gasteiger partial charge in [0.15, 0.2) is 5.09 Å². The fourth-order valence-electron chi connectivity index (χ4n) is 3.50. The van der Waals surface area contributed by atoms with Gasteiger partial charge in [-0.2, -0.15) is 0 Å². The van der Waals surface area contributed by atoms with Crippen molar-refractivity contribution in [3.05, 3.63) is 29.8 Å². The molecule has 0 radical (unpaired) electrons. The van der Waals surface area contributed by atoms with E-state index in [-0.39, 0.29) is 11.9 Å². The van der Waals surface area contributed by atoms with Crippen LogP contribution >= 0.6 is 11.8 Å². The van der Waals surface area contributed by atoms with Gasteiger partial charge in [-0.05, 0) is 49.8 Å². The van der Waals surface area contributed by atoms with Gasteiger partial charge in [-0.1, -0.05) is 11.8 Å². The number of carbonyl (C=O) groups excluding carboxylic acids is 1. The second kappa shape index (κ2) is 5.07. The van der Waals surface area contributed by atoms with Crippen LogP contribution in [0.25, 0.3) is 11.0 Å². The molecule has 110 valence electrons. The number of fused-ring (bicyclic) bond motifs is 3. The minimum Gasteiger partial charge on any atom is -0.450 e. The zero-order chi connectivity index (χ0) is 14.4. The van der Waals surface area contributed by atoms with Crippen LogP contribution in [0.2, 0.25) is 0 Å². The SMILES string of the molecule is CSc1cc2cc(C(=O)N[C@@H]3C[C@H]4CC[C@@H]3N4)ccc2o1. The first-order chi connectivity index (χ1) is 10.2. The summed E-state index contributed by atoms with van der Waals surface area (Å²) < 4.78 is 5.65. The first-order valence-corrected chi connectivity index (χ1v) is 8.60. The van der Waals surface area contributed by atoms with Crippen LogP contribution in [0.15, 0.2) is 33.8 Å². The van der Waals surface area contributed by atoms with Gasteiger partial charge in [0.1, 0.15) is 5.58 Å². The first kappa shape index (κ1) is 13.2. The minimum absolute atomic E-state index is 0.0168. The average Bonchev–Trinajstić information content (AvgIpc) is 3.20. The van der Waals surface area contributed by atoms with E-state index in [1.165, 1.54) is 12.8 Å². The monoisotopic (exact) mass is 302 g/mol. The number of hydrogen-bond acceptors (Lipinski definition) is 4. The minimum atomic E-state index is 0.0168. The fraction of sp³-hybridized carbons (Fsp3) is 0.438. The predicted octanol–water partition coefficient (Wildman–Crippen LogP) is 2.78. The molecule has 2 aliphatic heterocycles. The summed E-state index contributed by atoms with van der Waals surface area (Å²) in [5.74, 6) is 0.0168. The van der Waals surface area contributed by atoms with Crippen molar-refractivity contribution in [2.24, 2.45) is 0 Å². The van der Waals surface area contributed by atoms with E-state index in [1.54, 1.807) is 11.8 Å². The number of benzene rings is 1. The lowest BCUT2D eigenvalue weighted by Crippen LogP contribution is -2.42. The number of hydrogen-bond donors (Lipinski definition) is 2. The molecule has 2 aromatic rings. The second-order valence-electron chi connectivity index (χ2n) is 5.89. The van der Waals surface area contributed by atoms with Crippen molar-refractivity contribution in [1.29, 1.82) is 0 Å². The number of carbonyl (C=O) groups is 1. The van der Waals surface area contributed by atoms with E-state index in [0.29, 0.717) is 17.6 Å². The molecule has 2 fully saturated rings. The Morgan fingerprint density at radius 3 is 3.00 bits per heavy atom. The number of amides is 1. The molecule has 1 aromatic heterocycles. The zero-order valence-corrected chi connectivity index (χ0v) is 12.7. The molecule has 3 atom stereocenters. The number of furan rings is 1. The maximum absolute atomic E-state index is 12.4. The van der Waals surface area contributed by atoms with Crippen LogP contribution in [-0.4, -0.2) is 30.3 Å². The Bertz CT molecular complexity index is 697. The molecule has 4 nitrogen and oxygen atoms in total. The molecule has 0 saturated carbocycles. The predicted molar refractivity (Wildman–Crippen MR) is 83.8 cm³/mol. The normalized spacial score (nSPS) is 27.4. The molecule has 21 heavy (non-hydrogen) atoms. The topological polar surface area (TPSA) is 54.3 Å². The molecule has 5 heteroatoms. The van der Waals surface area contributed by atoms with Crippen molar-refractivity contribution in [2.45, 2.75) is 42.5 Å². The van der Waals surface area contributed by atoms with E-state index >= 15 is 0 Å². The van der Waals surface area contributed by atoms with Crippen molar-refractivity contribution in [2.75, 3.05) is 6.26 Å². The first-order valence-electron chi connectivity index (χ1n) is 7.37. The maximum atomic E-state index is 12.4. The fourth-order valence-corrected chi connectivity index (χ4v) is 3.91. The van der Waals surface area contributed by atoms with Crippen molar-refractivity contribution in [3.8, 4) is 0 Å². The van der Waals surface area contributed by atoms with Gasteiger partial charge in [-0.25, -0.2) is 0 Å². The molecular formula is C16H18N2O2S. The summed E-state index contributed by atoms with van der Waals surface area (Å²) in [6.07, 6.45) is 5.46. The second-order valence-corrected chi connectivity index (χ2v) is 6.70. The van der Waals surface area contributed by atoms with E-state index in [2.05, 4.69) is 10.6 Å². The lowest BCUT2D eigenvalue weighted by Gasteiger charge is -2.21. The number of nitrogens with one attached hydrogen (secondary N) is 2. The van der Waals surface area contributed by atoms with E-state index < -0.39 is 0 Å². The van der Waals surface area contributed by atoms with Gasteiger partial charge in [-0.3, -0.25) is 4.79 Å². The summed E-state index contributed by atoms with van der Waals surface area (Å²) >= 11 is 1.57. The van der Waals surface area contributed by atoms with Crippen LogP contribution < -0.4 is 10.6 Å². The van der Waals surface area contributed by atoms with Gasteiger partial charge in [0.25, 0.3) is 5.91 Å². The molecule has 2 N–H and O–H groups in total. The molecule has 2 bridgehead atoms. The molecular weight excluding hydrogens is 284 g/mol. The molecule has 0 aliphatic carbocycles. The number of rotatable bonds is 3. The molecule has 2 saturated heterocycles. The molecule has 0 spiro atoms. The van der Waals surface area contributed by atoms with E-state index in [4.69, 9.17) is 4.42 Å². The smallest absolute Gasteiger partial charge is 0.251 e. The maximum Gasteiger partial charge on any atom is 0.251 e. The van der Waals surface area contributed by atoms with Gasteiger partial charge in [0, 0.05) is 29.1 Å². The summed E-state index contributed by atoms with van der Waals surface area (Å²) in [4.78, 5) is 12.4. The molecule has 2 aliphatic rings. The standard InChI is InChI=1S/C16H18N2O2S/c1-21-15-7-10-6-9(2-5-14(10)20-15)16(19)18-13-8-11-3-4-12(13)17-11/h2,5-7,11-13,17H,3-4,8H2,1H3,(H,18,19)/t11-,12+,13-/m1/s1. The summed E-state index contributed by atoms with van der Waals surface area (Å²) in [5, 5.41) is 8.58. The van der Waals surface area contributed by atoms with Crippen molar-refractivity contribution in [3.63, 3.8) is 0 Å². The lowest BCUT2D eigenvalue weighted by molar-refractivity contribution is 0.0931. The third-order valence-corrected chi connectivity index (χ3v) is 5.18. The Morgan fingerprint density at radius 1 is 1.38 bits per heavy atom. The molecule has 4 rings (SSSR count). The van der Waals surface area contributed by atoms with Crippen molar-refractivity contribution in [1.82, 2.24) is 10.6 Å². The van der Waals surface area contributed by atoms with E-state index in [9.17, 15) is 4.79 Å². The Morgan fingerprint density at radius 2 is 2.29 bits per heavy atom. The molecule has 1 amide bonds. The van der Waals surface area contributed by atoms with E-state index in [0.717, 1.165) is 22.5 Å². The zero-order valence-electron chi connectivity index (χ0n) is 11.9. The Kier molecular flexibility index (Phi) is 3.19. The Labute approximate surface area is 127 Å². The van der Waals surface area contributed by atoms with Crippen LogP contribution in [0, 0.1) is 0 Å². The van der Waals surface area contributed by atoms with Crippen LogP contribution in [-0.2, 0) is 0 Å². The van der Waals surface area contributed by atoms with Crippen LogP contribution in [0.3, 0.4) is 0 Å². The van der Waals surface area contributed by atoms with Crippen LogP contribution in [0.4, 0.5) is 0 Å². The Hall–Kier alpha value is -1.46. The Balaban J connectivity index is 1.53. The summed E-state index contributed by atoms with van der Waals surface area (Å²) in [6.45, 7) is 0. The number of thioether (sulfide) groups is 1. The largest absolute Gasteiger partial charge is 0.450 e. The molecule has 1 aromatic carbocycles. The van der Waals surface area contributed by atoms with Gasteiger partial charge in [-0.15, -0.1) is 0 Å². The highest BCUT2D eigenvalue weighted by Crippen LogP contribution is 2.29. The van der Waals surface area contributed by atoms with E-state index in [1.807, 2.05) is 30.5 Å². The van der Waals surface area contributed by atoms with Gasteiger partial charge < -0.3 is 15.1 Å². The lowest BCUT2D eigenvalue weighted by atomic mass is 9.95. The van der Waals surface area contributed by atoms with Crippen LogP contribution in [0.1, 0.15) is 29.6 Å². The van der Waals surface area contributed by atoms with Gasteiger partial charge >= 0.3 is 0 Å².